The molecule has 0 atom stereocenters. The van der Waals surface area contributed by atoms with Crippen LogP contribution in [-0.4, -0.2) is 11.3 Å². The summed E-state index contributed by atoms with van der Waals surface area (Å²) in [5.74, 6) is 0. The molecule has 49 heavy (non-hydrogen) atoms. The minimum absolute atomic E-state index is 0.00714. The molecule has 0 unspecified atom stereocenters. The largest absolute Gasteiger partial charge is 0.375 e. The van der Waals surface area contributed by atoms with Crippen LogP contribution in [-0.2, 0) is 10.8 Å². The maximum absolute atomic E-state index is 2.73. The van der Waals surface area contributed by atoms with E-state index < -0.39 is 0 Å². The first-order valence-electron chi connectivity index (χ1n) is 17.4. The van der Waals surface area contributed by atoms with Crippen LogP contribution in [0.25, 0.3) is 53.1 Å². The predicted octanol–water partition coefficient (Wildman–Crippen LogP) is 11.6. The third-order valence-electron chi connectivity index (χ3n) is 11.2. The van der Waals surface area contributed by atoms with Crippen LogP contribution < -0.4 is 15.8 Å². The van der Waals surface area contributed by atoms with Gasteiger partial charge >= 0.3 is 6.85 Å². The van der Waals surface area contributed by atoms with Crippen molar-refractivity contribution in [3.05, 3.63) is 114 Å². The van der Waals surface area contributed by atoms with Gasteiger partial charge in [-0.3, -0.25) is 0 Å². The number of hydrogen-bond donors (Lipinski definition) is 0. The highest BCUT2D eigenvalue weighted by atomic mass is 32.2. The monoisotopic (exact) mass is 666 g/mol. The number of rotatable bonds is 0. The number of benzene rings is 6. The van der Waals surface area contributed by atoms with Crippen molar-refractivity contribution < 1.29 is 0 Å². The average molecular weight is 667 g/mol. The van der Waals surface area contributed by atoms with Gasteiger partial charge in [-0.2, -0.15) is 0 Å². The Morgan fingerprint density at radius 2 is 1.37 bits per heavy atom. The second kappa shape index (κ2) is 9.21. The third kappa shape index (κ3) is 3.60. The highest BCUT2D eigenvalue weighted by Gasteiger charge is 2.46. The lowest BCUT2D eigenvalue weighted by Gasteiger charge is -2.43. The van der Waals surface area contributed by atoms with E-state index in [1.807, 2.05) is 23.1 Å². The minimum atomic E-state index is -0.00714. The zero-order valence-corrected chi connectivity index (χ0v) is 30.2. The van der Waals surface area contributed by atoms with Crippen molar-refractivity contribution in [2.75, 3.05) is 4.90 Å². The van der Waals surface area contributed by atoms with E-state index >= 15 is 0 Å². The lowest BCUT2D eigenvalue weighted by Crippen LogP contribution is -2.57. The zero-order valence-electron chi connectivity index (χ0n) is 28.6. The molecule has 0 N–H and O–H groups in total. The molecule has 8 aromatic rings. The van der Waals surface area contributed by atoms with Crippen LogP contribution in [0.15, 0.2) is 113 Å². The zero-order chi connectivity index (χ0) is 33.1. The van der Waals surface area contributed by atoms with Gasteiger partial charge in [0.1, 0.15) is 0 Å². The molecular formula is C44H35BN2S2. The summed E-state index contributed by atoms with van der Waals surface area (Å²) < 4.78 is 5.44. The van der Waals surface area contributed by atoms with Gasteiger partial charge in [0.25, 0.3) is 0 Å². The lowest BCUT2D eigenvalue weighted by molar-refractivity contribution is 0.590. The van der Waals surface area contributed by atoms with Crippen molar-refractivity contribution in [3.8, 4) is 11.1 Å². The summed E-state index contributed by atoms with van der Waals surface area (Å²) >= 11 is 3.85. The number of hydrogen-bond acceptors (Lipinski definition) is 3. The second-order valence-electron chi connectivity index (χ2n) is 16.2. The molecular weight excluding hydrogens is 631 g/mol. The first kappa shape index (κ1) is 28.4. The Hall–Kier alpha value is -4.45. The molecule has 0 bridgehead atoms. The molecule has 0 amide bonds. The summed E-state index contributed by atoms with van der Waals surface area (Å²) in [5.41, 5.74) is 15.1. The van der Waals surface area contributed by atoms with Gasteiger partial charge < -0.3 is 9.38 Å². The molecule has 0 aliphatic carbocycles. The van der Waals surface area contributed by atoms with E-state index in [9.17, 15) is 0 Å². The molecule has 0 saturated heterocycles. The van der Waals surface area contributed by atoms with Gasteiger partial charge in [0.15, 0.2) is 0 Å². The number of nitrogens with zero attached hydrogens (tertiary/aromatic N) is 2. The van der Waals surface area contributed by atoms with Crippen LogP contribution in [0, 0.1) is 0 Å². The van der Waals surface area contributed by atoms with Crippen molar-refractivity contribution in [3.63, 3.8) is 0 Å². The first-order chi connectivity index (χ1) is 23.6. The van der Waals surface area contributed by atoms with Crippen LogP contribution in [0.1, 0.15) is 52.7 Å². The molecule has 0 fully saturated rings. The maximum Gasteiger partial charge on any atom is 0.333 e. The Morgan fingerprint density at radius 3 is 2.20 bits per heavy atom. The maximum atomic E-state index is 2.73. The summed E-state index contributed by atoms with van der Waals surface area (Å²) in [6.07, 6.45) is 0. The SMILES string of the molecule is CC(C)(C)c1ccc2c(c1)c1cc(C(C)(C)C)cc3c1n2B1c2cccc4c2N(c2ccccc2S4)c2cc4sc5ccccc5c4c-3c21. The molecule has 0 saturated carbocycles. The van der Waals surface area contributed by atoms with E-state index in [1.54, 1.807) is 0 Å². The van der Waals surface area contributed by atoms with E-state index in [0.29, 0.717) is 0 Å². The van der Waals surface area contributed by atoms with Crippen molar-refractivity contribution in [2.45, 2.75) is 62.2 Å². The van der Waals surface area contributed by atoms with E-state index in [4.69, 9.17) is 0 Å². The first-order valence-corrected chi connectivity index (χ1v) is 19.0. The Labute approximate surface area is 295 Å². The molecule has 5 heteroatoms. The quantitative estimate of drug-likeness (QED) is 0.149. The number of thiophene rings is 1. The van der Waals surface area contributed by atoms with Gasteiger partial charge in [0, 0.05) is 63.0 Å². The molecule has 5 heterocycles. The number of fused-ring (bicyclic) bond motifs is 13. The Bertz CT molecular complexity index is 2790. The lowest BCUT2D eigenvalue weighted by atomic mass is 9.45. The van der Waals surface area contributed by atoms with Crippen LogP contribution >= 0.6 is 23.1 Å². The Morgan fingerprint density at radius 1 is 0.612 bits per heavy atom. The number of anilines is 3. The van der Waals surface area contributed by atoms with Crippen molar-refractivity contribution >= 4 is 99.9 Å². The summed E-state index contributed by atoms with van der Waals surface area (Å²) in [5, 5.41) is 5.51. The molecule has 2 aromatic heterocycles. The van der Waals surface area contributed by atoms with Crippen molar-refractivity contribution in [1.29, 1.82) is 0 Å². The van der Waals surface area contributed by atoms with E-state index in [1.165, 1.54) is 102 Å². The van der Waals surface area contributed by atoms with Crippen molar-refractivity contribution in [2.24, 2.45) is 0 Å². The number of aromatic nitrogens is 1. The minimum Gasteiger partial charge on any atom is -0.375 e. The van der Waals surface area contributed by atoms with Crippen LogP contribution in [0.3, 0.4) is 0 Å². The molecule has 6 aromatic carbocycles. The van der Waals surface area contributed by atoms with Crippen LogP contribution in [0.5, 0.6) is 0 Å². The molecule has 236 valence electrons. The smallest absolute Gasteiger partial charge is 0.333 e. The normalized spacial score (nSPS) is 14.6. The molecule has 2 nitrogen and oxygen atoms in total. The van der Waals surface area contributed by atoms with E-state index in [2.05, 4.69) is 154 Å². The fraction of sp³-hybridized carbons (Fsp3) is 0.182. The average Bonchev–Trinajstić information content (AvgIpc) is 3.62. The third-order valence-corrected chi connectivity index (χ3v) is 13.5. The van der Waals surface area contributed by atoms with E-state index in [-0.39, 0.29) is 17.7 Å². The van der Waals surface area contributed by atoms with Gasteiger partial charge in [0.2, 0.25) is 0 Å². The van der Waals surface area contributed by atoms with Gasteiger partial charge in [-0.1, -0.05) is 102 Å². The summed E-state index contributed by atoms with van der Waals surface area (Å²) in [4.78, 5) is 5.25. The Kier molecular flexibility index (Phi) is 5.34. The fourth-order valence-corrected chi connectivity index (χ4v) is 11.1. The molecule has 3 aliphatic rings. The van der Waals surface area contributed by atoms with Gasteiger partial charge in [-0.25, -0.2) is 0 Å². The van der Waals surface area contributed by atoms with Crippen LogP contribution in [0.4, 0.5) is 17.1 Å². The van der Waals surface area contributed by atoms with E-state index in [0.717, 1.165) is 0 Å². The topological polar surface area (TPSA) is 8.17 Å². The molecule has 0 spiro atoms. The van der Waals surface area contributed by atoms with Crippen molar-refractivity contribution in [1.82, 2.24) is 4.48 Å². The molecule has 11 rings (SSSR count). The molecule has 0 radical (unpaired) electrons. The summed E-state index contributed by atoms with van der Waals surface area (Å²) in [7, 11) is 0. The van der Waals surface area contributed by atoms with Gasteiger partial charge in [0.05, 0.1) is 11.4 Å². The second-order valence-corrected chi connectivity index (χ2v) is 18.3. The Balaban J connectivity index is 1.40. The highest BCUT2D eigenvalue weighted by molar-refractivity contribution is 7.99. The summed E-state index contributed by atoms with van der Waals surface area (Å²) in [6, 6.07) is 39.9. The summed E-state index contributed by atoms with van der Waals surface area (Å²) in [6.45, 7) is 14.1. The predicted molar refractivity (Wildman–Crippen MR) is 214 cm³/mol. The highest BCUT2D eigenvalue weighted by Crippen LogP contribution is 2.56. The number of para-hydroxylation sites is 2. The molecule has 3 aliphatic heterocycles. The van der Waals surface area contributed by atoms with Gasteiger partial charge in [-0.05, 0) is 93.0 Å². The van der Waals surface area contributed by atoms with Crippen LogP contribution in [0.2, 0.25) is 0 Å². The van der Waals surface area contributed by atoms with Gasteiger partial charge in [-0.15, -0.1) is 11.3 Å². The standard InChI is InChI=1S/C44H35BN2S2/c1-43(2,3)24-18-19-31-27(20-24)28-21-25(44(4,5)6)22-29-39-38-26-12-7-9-15-34(26)48-37(38)23-33-40(39)45(47(31)41(28)29)30-13-11-17-36-42(30)46(33)32-14-8-10-16-35(32)49-36/h7-23H,1-6H3. The fourth-order valence-electron chi connectivity index (χ4n) is 8.89.